The summed E-state index contributed by atoms with van der Waals surface area (Å²) in [5.41, 5.74) is 2.85. The number of para-hydroxylation sites is 1. The molecule has 0 saturated heterocycles. The molecule has 1 heterocycles. The molecule has 1 aromatic heterocycles. The highest BCUT2D eigenvalue weighted by Gasteiger charge is 2.13. The number of rotatable bonds is 6. The normalized spacial score (nSPS) is 10.5. The average Bonchev–Trinajstić information content (AvgIpc) is 2.77. The van der Waals surface area contributed by atoms with Crippen molar-refractivity contribution < 1.29 is 19.2 Å². The molecule has 0 bridgehead atoms. The first-order valence-electron chi connectivity index (χ1n) is 6.98. The predicted octanol–water partition coefficient (Wildman–Crippen LogP) is 2.49. The Kier molecular flexibility index (Phi) is 4.93. The molecular weight excluding hydrogens is 284 g/mol. The van der Waals surface area contributed by atoms with Gasteiger partial charge in [0, 0.05) is 17.7 Å². The van der Waals surface area contributed by atoms with Crippen LogP contribution in [0.2, 0.25) is 0 Å². The van der Waals surface area contributed by atoms with E-state index in [4.69, 9.17) is 9.63 Å². The van der Waals surface area contributed by atoms with Crippen molar-refractivity contribution in [3.63, 3.8) is 0 Å². The number of aryl methyl sites for hydroxylation is 2. The molecule has 116 valence electrons. The van der Waals surface area contributed by atoms with Gasteiger partial charge in [0.15, 0.2) is 0 Å². The topological polar surface area (TPSA) is 92.4 Å². The number of aromatic nitrogens is 1. The van der Waals surface area contributed by atoms with Crippen LogP contribution in [0, 0.1) is 13.8 Å². The van der Waals surface area contributed by atoms with Gasteiger partial charge in [-0.05, 0) is 31.9 Å². The van der Waals surface area contributed by atoms with E-state index >= 15 is 0 Å². The van der Waals surface area contributed by atoms with Crippen molar-refractivity contribution in [2.24, 2.45) is 0 Å². The van der Waals surface area contributed by atoms with Crippen molar-refractivity contribution in [2.45, 2.75) is 33.1 Å². The molecule has 0 spiro atoms. The van der Waals surface area contributed by atoms with E-state index in [0.29, 0.717) is 17.7 Å². The molecule has 2 rings (SSSR count). The number of nitrogens with zero attached hydrogens (tertiary/aromatic N) is 1. The summed E-state index contributed by atoms with van der Waals surface area (Å²) in [5.74, 6) is -0.383. The molecule has 1 aromatic carbocycles. The lowest BCUT2D eigenvalue weighted by molar-refractivity contribution is -0.136. The maximum Gasteiger partial charge on any atom is 0.307 e. The lowest BCUT2D eigenvalue weighted by Crippen LogP contribution is -2.15. The zero-order valence-electron chi connectivity index (χ0n) is 12.5. The molecule has 2 aromatic rings. The Morgan fingerprint density at radius 2 is 2.00 bits per heavy atom. The third-order valence-electron chi connectivity index (χ3n) is 3.42. The number of benzene rings is 1. The van der Waals surface area contributed by atoms with E-state index in [-0.39, 0.29) is 18.7 Å². The molecule has 0 saturated carbocycles. The van der Waals surface area contributed by atoms with Crippen LogP contribution in [0.4, 0.5) is 5.69 Å². The number of carboxylic acid groups (broad SMARTS) is 1. The van der Waals surface area contributed by atoms with E-state index in [2.05, 4.69) is 10.5 Å². The van der Waals surface area contributed by atoms with Crippen molar-refractivity contribution in [3.8, 4) is 0 Å². The average molecular weight is 302 g/mol. The Morgan fingerprint density at radius 3 is 2.64 bits per heavy atom. The Morgan fingerprint density at radius 1 is 1.27 bits per heavy atom. The van der Waals surface area contributed by atoms with E-state index < -0.39 is 5.97 Å². The van der Waals surface area contributed by atoms with Crippen LogP contribution < -0.4 is 5.32 Å². The summed E-state index contributed by atoms with van der Waals surface area (Å²) in [6.07, 6.45) is 0.693. The molecule has 0 unspecified atom stereocenters. The number of nitrogens with one attached hydrogen (secondary N) is 1. The lowest BCUT2D eigenvalue weighted by atomic mass is 10.1. The minimum atomic E-state index is -0.933. The van der Waals surface area contributed by atoms with Gasteiger partial charge in [-0.3, -0.25) is 9.59 Å². The van der Waals surface area contributed by atoms with Gasteiger partial charge in [0.05, 0.1) is 12.1 Å². The summed E-state index contributed by atoms with van der Waals surface area (Å²) in [6.45, 7) is 3.65. The number of carbonyl (C=O) groups excluding carboxylic acids is 1. The molecule has 22 heavy (non-hydrogen) atoms. The predicted molar refractivity (Wildman–Crippen MR) is 80.7 cm³/mol. The first kappa shape index (κ1) is 15.8. The highest BCUT2D eigenvalue weighted by molar-refractivity contribution is 5.92. The zero-order valence-corrected chi connectivity index (χ0v) is 12.5. The van der Waals surface area contributed by atoms with Crippen LogP contribution in [0.3, 0.4) is 0 Å². The Bertz CT molecular complexity index is 672. The SMILES string of the molecule is Cc1noc(C)c1CCC(=O)Nc1ccccc1CC(=O)O. The maximum absolute atomic E-state index is 12.1. The molecular formula is C16H18N2O4. The number of carbonyl (C=O) groups is 2. The fourth-order valence-electron chi connectivity index (χ4n) is 2.27. The van der Waals surface area contributed by atoms with Crippen LogP contribution in [-0.4, -0.2) is 22.1 Å². The fourth-order valence-corrected chi connectivity index (χ4v) is 2.27. The van der Waals surface area contributed by atoms with Crippen LogP contribution in [-0.2, 0) is 22.4 Å². The van der Waals surface area contributed by atoms with Crippen molar-refractivity contribution >= 4 is 17.6 Å². The van der Waals surface area contributed by atoms with Gasteiger partial charge in [0.2, 0.25) is 5.91 Å². The Labute approximate surface area is 128 Å². The molecule has 0 aliphatic heterocycles. The number of hydrogen-bond acceptors (Lipinski definition) is 4. The number of carboxylic acids is 1. The van der Waals surface area contributed by atoms with Crippen LogP contribution in [0.25, 0.3) is 0 Å². The summed E-state index contributed by atoms with van der Waals surface area (Å²) < 4.78 is 5.06. The Hall–Kier alpha value is -2.63. The van der Waals surface area contributed by atoms with Gasteiger partial charge >= 0.3 is 5.97 Å². The first-order valence-corrected chi connectivity index (χ1v) is 6.98. The fraction of sp³-hybridized carbons (Fsp3) is 0.312. The lowest BCUT2D eigenvalue weighted by Gasteiger charge is -2.09. The van der Waals surface area contributed by atoms with Crippen LogP contribution in [0.1, 0.15) is 29.0 Å². The summed E-state index contributed by atoms with van der Waals surface area (Å²) in [4.78, 5) is 22.9. The van der Waals surface area contributed by atoms with Gasteiger partial charge < -0.3 is 14.9 Å². The minimum absolute atomic E-state index is 0.125. The van der Waals surface area contributed by atoms with Crippen LogP contribution in [0.5, 0.6) is 0 Å². The second kappa shape index (κ2) is 6.89. The number of hydrogen-bond donors (Lipinski definition) is 2. The highest BCUT2D eigenvalue weighted by Crippen LogP contribution is 2.18. The Balaban J connectivity index is 1.99. The van der Waals surface area contributed by atoms with Gasteiger partial charge in [-0.15, -0.1) is 0 Å². The van der Waals surface area contributed by atoms with E-state index in [1.807, 2.05) is 13.8 Å². The maximum atomic E-state index is 12.1. The molecule has 0 atom stereocenters. The molecule has 6 heteroatoms. The monoisotopic (exact) mass is 302 g/mol. The first-order chi connectivity index (χ1) is 10.5. The molecule has 2 N–H and O–H groups in total. The van der Waals surface area contributed by atoms with E-state index in [1.54, 1.807) is 24.3 Å². The zero-order chi connectivity index (χ0) is 16.1. The minimum Gasteiger partial charge on any atom is -0.481 e. The number of aliphatic carboxylic acids is 1. The quantitative estimate of drug-likeness (QED) is 0.855. The summed E-state index contributed by atoms with van der Waals surface area (Å²) >= 11 is 0. The van der Waals surface area contributed by atoms with E-state index in [1.165, 1.54) is 0 Å². The standard InChI is InChI=1S/C16H18N2O4/c1-10-13(11(2)22-18-10)7-8-15(19)17-14-6-4-3-5-12(14)9-16(20)21/h3-6H,7-9H2,1-2H3,(H,17,19)(H,20,21). The van der Waals surface area contributed by atoms with E-state index in [0.717, 1.165) is 17.0 Å². The molecule has 6 nitrogen and oxygen atoms in total. The van der Waals surface area contributed by atoms with Gasteiger partial charge in [-0.1, -0.05) is 23.4 Å². The molecule has 0 fully saturated rings. The highest BCUT2D eigenvalue weighted by atomic mass is 16.5. The van der Waals surface area contributed by atoms with Crippen molar-refractivity contribution in [1.29, 1.82) is 0 Å². The largest absolute Gasteiger partial charge is 0.481 e. The van der Waals surface area contributed by atoms with Gasteiger partial charge in [0.1, 0.15) is 5.76 Å². The second-order valence-electron chi connectivity index (χ2n) is 5.08. The second-order valence-corrected chi connectivity index (χ2v) is 5.08. The molecule has 0 radical (unpaired) electrons. The third-order valence-corrected chi connectivity index (χ3v) is 3.42. The third kappa shape index (κ3) is 3.94. The smallest absolute Gasteiger partial charge is 0.307 e. The van der Waals surface area contributed by atoms with Crippen molar-refractivity contribution in [3.05, 3.63) is 46.8 Å². The molecule has 0 aliphatic rings. The van der Waals surface area contributed by atoms with Crippen LogP contribution >= 0.6 is 0 Å². The van der Waals surface area contributed by atoms with Gasteiger partial charge in [-0.2, -0.15) is 0 Å². The number of anilines is 1. The number of amides is 1. The van der Waals surface area contributed by atoms with E-state index in [9.17, 15) is 9.59 Å². The summed E-state index contributed by atoms with van der Waals surface area (Å²) in [6, 6.07) is 6.90. The van der Waals surface area contributed by atoms with Gasteiger partial charge in [-0.25, -0.2) is 0 Å². The van der Waals surface area contributed by atoms with Crippen molar-refractivity contribution in [2.75, 3.05) is 5.32 Å². The molecule has 0 aliphatic carbocycles. The summed E-state index contributed by atoms with van der Waals surface area (Å²) in [7, 11) is 0. The van der Waals surface area contributed by atoms with Crippen molar-refractivity contribution in [1.82, 2.24) is 5.16 Å². The molecule has 1 amide bonds. The summed E-state index contributed by atoms with van der Waals surface area (Å²) in [5, 5.41) is 15.5. The van der Waals surface area contributed by atoms with Gasteiger partial charge in [0.25, 0.3) is 0 Å². The van der Waals surface area contributed by atoms with Crippen LogP contribution in [0.15, 0.2) is 28.8 Å².